The average Bonchev–Trinajstić information content (AvgIpc) is 3.44. The Morgan fingerprint density at radius 2 is 1.97 bits per heavy atom. The number of halogens is 1. The van der Waals surface area contributed by atoms with E-state index >= 15 is 0 Å². The van der Waals surface area contributed by atoms with Gasteiger partial charge in [-0.25, -0.2) is 4.68 Å². The molecule has 1 heterocycles. The van der Waals surface area contributed by atoms with Crippen LogP contribution < -0.4 is 5.32 Å². The molecule has 7 nitrogen and oxygen atoms in total. The summed E-state index contributed by atoms with van der Waals surface area (Å²) < 4.78 is 2.05. The average molecular weight is 473 g/mol. The molecule has 2 fully saturated rings. The largest absolute Gasteiger partial charge is 0.481 e. The van der Waals surface area contributed by atoms with Gasteiger partial charge in [-0.3, -0.25) is 9.59 Å². The van der Waals surface area contributed by atoms with Gasteiger partial charge in [0.2, 0.25) is 5.91 Å². The summed E-state index contributed by atoms with van der Waals surface area (Å²) in [6.45, 7) is 6.43. The van der Waals surface area contributed by atoms with Crippen LogP contribution in [0.4, 0.5) is 5.69 Å². The van der Waals surface area contributed by atoms with Crippen LogP contribution in [0.25, 0.3) is 0 Å². The number of anilines is 1. The predicted octanol–water partition coefficient (Wildman–Crippen LogP) is 5.70. The van der Waals surface area contributed by atoms with E-state index in [1.54, 1.807) is 12.1 Å². The standard InChI is InChI=1S/C25H33ClN4O3/c1-14(2)8-16-10-19(11-16)30-25(17-5-6-17)24(28-29-30)18(13-23(32)33)12-22(31)27-21-7-4-15(3)9-20(21)26/h4,7,9,14,16-19H,5-6,8,10-13H2,1-3H3,(H,27,31)(H,32,33)/t16?,18-,19?/m1/s1. The van der Waals surface area contributed by atoms with E-state index in [1.807, 2.05) is 17.7 Å². The minimum Gasteiger partial charge on any atom is -0.481 e. The summed E-state index contributed by atoms with van der Waals surface area (Å²) in [5.41, 5.74) is 3.25. The first-order chi connectivity index (χ1) is 15.7. The van der Waals surface area contributed by atoms with Crippen LogP contribution >= 0.6 is 11.6 Å². The molecule has 0 unspecified atom stereocenters. The Labute approximate surface area is 199 Å². The molecule has 2 aliphatic rings. The van der Waals surface area contributed by atoms with Crippen LogP contribution in [0, 0.1) is 18.8 Å². The third-order valence-electron chi connectivity index (χ3n) is 6.72. The normalized spacial score (nSPS) is 21.0. The lowest BCUT2D eigenvalue weighted by atomic mass is 9.75. The quantitative estimate of drug-likeness (QED) is 0.462. The molecule has 1 aromatic carbocycles. The lowest BCUT2D eigenvalue weighted by Crippen LogP contribution is -2.29. The first-order valence-corrected chi connectivity index (χ1v) is 12.3. The minimum absolute atomic E-state index is 0.0234. The molecule has 1 amide bonds. The van der Waals surface area contributed by atoms with Crippen molar-refractivity contribution in [3.63, 3.8) is 0 Å². The first-order valence-electron chi connectivity index (χ1n) is 11.9. The highest BCUT2D eigenvalue weighted by Gasteiger charge is 2.40. The molecule has 33 heavy (non-hydrogen) atoms. The van der Waals surface area contributed by atoms with E-state index in [1.165, 1.54) is 6.42 Å². The number of amides is 1. The summed E-state index contributed by atoms with van der Waals surface area (Å²) >= 11 is 6.26. The molecule has 0 radical (unpaired) electrons. The number of rotatable bonds is 10. The van der Waals surface area contributed by atoms with Gasteiger partial charge in [-0.2, -0.15) is 0 Å². The Balaban J connectivity index is 1.52. The molecule has 0 bridgehead atoms. The van der Waals surface area contributed by atoms with Gasteiger partial charge in [0.15, 0.2) is 0 Å². The zero-order valence-corrected chi connectivity index (χ0v) is 20.3. The second-order valence-electron chi connectivity index (χ2n) is 10.2. The molecule has 8 heteroatoms. The summed E-state index contributed by atoms with van der Waals surface area (Å²) in [5.74, 6) is 0.0231. The second-order valence-corrected chi connectivity index (χ2v) is 10.6. The highest BCUT2D eigenvalue weighted by atomic mass is 35.5. The number of carbonyl (C=O) groups is 2. The van der Waals surface area contributed by atoms with Crippen LogP contribution in [-0.2, 0) is 9.59 Å². The van der Waals surface area contributed by atoms with Crippen molar-refractivity contribution in [2.24, 2.45) is 11.8 Å². The molecule has 4 rings (SSSR count). The van der Waals surface area contributed by atoms with Crippen molar-refractivity contribution in [1.82, 2.24) is 15.0 Å². The number of aliphatic carboxylic acids is 1. The maximum absolute atomic E-state index is 12.8. The lowest BCUT2D eigenvalue weighted by Gasteiger charge is -2.37. The van der Waals surface area contributed by atoms with Crippen LogP contribution in [0.15, 0.2) is 18.2 Å². The minimum atomic E-state index is -0.946. The Hall–Kier alpha value is -2.41. The Morgan fingerprint density at radius 1 is 1.24 bits per heavy atom. The first kappa shape index (κ1) is 23.7. The van der Waals surface area contributed by atoms with Crippen molar-refractivity contribution in [2.75, 3.05) is 5.32 Å². The van der Waals surface area contributed by atoms with Crippen LogP contribution in [-0.4, -0.2) is 32.0 Å². The maximum Gasteiger partial charge on any atom is 0.304 e. The molecule has 2 aliphatic carbocycles. The number of carbonyl (C=O) groups excluding carboxylic acids is 1. The topological polar surface area (TPSA) is 97.1 Å². The van der Waals surface area contributed by atoms with Gasteiger partial charge in [0.25, 0.3) is 0 Å². The van der Waals surface area contributed by atoms with Crippen molar-refractivity contribution in [3.8, 4) is 0 Å². The zero-order valence-electron chi connectivity index (χ0n) is 19.6. The van der Waals surface area contributed by atoms with Gasteiger partial charge in [-0.05, 0) is 68.6 Å². The second kappa shape index (κ2) is 9.84. The van der Waals surface area contributed by atoms with Gasteiger partial charge in [0.1, 0.15) is 0 Å². The summed E-state index contributed by atoms with van der Waals surface area (Å²) in [6, 6.07) is 5.75. The number of carboxylic acids is 1. The van der Waals surface area contributed by atoms with E-state index in [0.29, 0.717) is 34.3 Å². The molecule has 1 atom stereocenters. The highest BCUT2D eigenvalue weighted by molar-refractivity contribution is 6.33. The molecule has 2 saturated carbocycles. The lowest BCUT2D eigenvalue weighted by molar-refractivity contribution is -0.137. The zero-order chi connectivity index (χ0) is 23.7. The molecule has 0 aliphatic heterocycles. The van der Waals surface area contributed by atoms with E-state index < -0.39 is 11.9 Å². The van der Waals surface area contributed by atoms with Gasteiger partial charge in [0, 0.05) is 18.3 Å². The van der Waals surface area contributed by atoms with E-state index in [4.69, 9.17) is 11.6 Å². The van der Waals surface area contributed by atoms with Gasteiger partial charge in [-0.1, -0.05) is 36.7 Å². The van der Waals surface area contributed by atoms with Crippen molar-refractivity contribution in [3.05, 3.63) is 40.2 Å². The Bertz CT molecular complexity index is 1020. The van der Waals surface area contributed by atoms with E-state index in [9.17, 15) is 14.7 Å². The smallest absolute Gasteiger partial charge is 0.304 e. The van der Waals surface area contributed by atoms with Gasteiger partial charge in [-0.15, -0.1) is 5.10 Å². The number of carboxylic acid groups (broad SMARTS) is 1. The van der Waals surface area contributed by atoms with Crippen LogP contribution in [0.3, 0.4) is 0 Å². The Morgan fingerprint density at radius 3 is 2.58 bits per heavy atom. The van der Waals surface area contributed by atoms with Crippen LogP contribution in [0.2, 0.25) is 5.02 Å². The van der Waals surface area contributed by atoms with Crippen molar-refractivity contribution in [2.45, 2.75) is 83.6 Å². The summed E-state index contributed by atoms with van der Waals surface area (Å²) in [6.07, 6.45) is 5.40. The third kappa shape index (κ3) is 5.75. The number of hydrogen-bond acceptors (Lipinski definition) is 4. The van der Waals surface area contributed by atoms with E-state index in [0.717, 1.165) is 42.9 Å². The van der Waals surface area contributed by atoms with Crippen LogP contribution in [0.5, 0.6) is 0 Å². The molecule has 2 aromatic rings. The van der Waals surface area contributed by atoms with Gasteiger partial charge in [0.05, 0.1) is 34.6 Å². The van der Waals surface area contributed by atoms with E-state index in [-0.39, 0.29) is 18.7 Å². The number of hydrogen-bond donors (Lipinski definition) is 2. The highest BCUT2D eigenvalue weighted by Crippen LogP contribution is 2.48. The Kier molecular flexibility index (Phi) is 7.07. The fourth-order valence-corrected chi connectivity index (χ4v) is 5.29. The van der Waals surface area contributed by atoms with Gasteiger partial charge < -0.3 is 10.4 Å². The molecule has 0 saturated heterocycles. The molecule has 0 spiro atoms. The summed E-state index contributed by atoms with van der Waals surface area (Å²) in [7, 11) is 0. The fraction of sp³-hybridized carbons (Fsp3) is 0.600. The summed E-state index contributed by atoms with van der Waals surface area (Å²) in [5, 5.41) is 21.8. The predicted molar refractivity (Wildman–Crippen MR) is 128 cm³/mol. The van der Waals surface area contributed by atoms with Crippen molar-refractivity contribution in [1.29, 1.82) is 0 Å². The molecule has 1 aromatic heterocycles. The molecule has 178 valence electrons. The monoisotopic (exact) mass is 472 g/mol. The molecular formula is C25H33ClN4O3. The number of nitrogens with zero attached hydrogens (tertiary/aromatic N) is 3. The number of aromatic nitrogens is 3. The van der Waals surface area contributed by atoms with Crippen LogP contribution in [0.1, 0.15) is 93.6 Å². The number of aryl methyl sites for hydroxylation is 1. The number of nitrogens with one attached hydrogen (secondary N) is 1. The SMILES string of the molecule is Cc1ccc(NC(=O)C[C@H](CC(=O)O)c2nnn(C3CC(CC(C)C)C3)c2C2CC2)c(Cl)c1. The third-order valence-corrected chi connectivity index (χ3v) is 7.03. The molecule has 2 N–H and O–H groups in total. The maximum atomic E-state index is 12.8. The summed E-state index contributed by atoms with van der Waals surface area (Å²) in [4.78, 5) is 24.5. The number of benzene rings is 1. The van der Waals surface area contributed by atoms with Gasteiger partial charge >= 0.3 is 5.97 Å². The van der Waals surface area contributed by atoms with Crippen molar-refractivity contribution < 1.29 is 14.7 Å². The molecular weight excluding hydrogens is 440 g/mol. The van der Waals surface area contributed by atoms with E-state index in [2.05, 4.69) is 29.5 Å². The fourth-order valence-electron chi connectivity index (χ4n) is 5.01. The van der Waals surface area contributed by atoms with Crippen molar-refractivity contribution >= 4 is 29.2 Å².